The second-order valence-corrected chi connectivity index (χ2v) is 7.17. The lowest BCUT2D eigenvalue weighted by Crippen LogP contribution is -2.32. The number of methoxy groups -OCH3 is 1. The third-order valence-electron chi connectivity index (χ3n) is 2.70. The lowest BCUT2D eigenvalue weighted by Gasteiger charge is -2.22. The molecule has 0 spiro atoms. The van der Waals surface area contributed by atoms with E-state index in [1.807, 2.05) is 0 Å². The fourth-order valence-electron chi connectivity index (χ4n) is 1.72. The van der Waals surface area contributed by atoms with Gasteiger partial charge in [-0.15, -0.1) is 0 Å². The molecule has 0 aliphatic rings. The predicted molar refractivity (Wildman–Crippen MR) is 84.4 cm³/mol. The van der Waals surface area contributed by atoms with Gasteiger partial charge in [0.2, 0.25) is 10.0 Å². The van der Waals surface area contributed by atoms with Crippen molar-refractivity contribution in [2.75, 3.05) is 25.9 Å². The Bertz CT molecular complexity index is 614. The minimum atomic E-state index is -3.68. The molecule has 7 heteroatoms. The molecular formula is C13H19BrN2O3S. The van der Waals surface area contributed by atoms with E-state index in [0.29, 0.717) is 16.7 Å². The molecule has 0 saturated carbocycles. The lowest BCUT2D eigenvalue weighted by molar-refractivity contribution is 0.396. The van der Waals surface area contributed by atoms with Crippen LogP contribution in [-0.4, -0.2) is 32.9 Å². The van der Waals surface area contributed by atoms with E-state index in [4.69, 9.17) is 10.5 Å². The number of nitrogen functional groups attached to an aromatic ring is 1. The molecule has 5 nitrogen and oxygen atoms in total. The zero-order valence-corrected chi connectivity index (χ0v) is 14.2. The first kappa shape index (κ1) is 17.0. The zero-order valence-electron chi connectivity index (χ0n) is 11.8. The van der Waals surface area contributed by atoms with Crippen molar-refractivity contribution >= 4 is 31.6 Å². The van der Waals surface area contributed by atoms with E-state index in [2.05, 4.69) is 22.5 Å². The first-order valence-corrected chi connectivity index (χ1v) is 8.24. The summed E-state index contributed by atoms with van der Waals surface area (Å²) in [5.74, 6) is 0.256. The number of benzene rings is 1. The highest BCUT2D eigenvalue weighted by molar-refractivity contribution is 9.10. The van der Waals surface area contributed by atoms with E-state index in [9.17, 15) is 8.42 Å². The van der Waals surface area contributed by atoms with Crippen molar-refractivity contribution in [2.45, 2.75) is 18.7 Å². The van der Waals surface area contributed by atoms with Gasteiger partial charge in [0.25, 0.3) is 0 Å². The summed E-state index contributed by atoms with van der Waals surface area (Å²) >= 11 is 3.25. The Morgan fingerprint density at radius 3 is 2.55 bits per heavy atom. The fourth-order valence-corrected chi connectivity index (χ4v) is 3.72. The van der Waals surface area contributed by atoms with Gasteiger partial charge in [-0.1, -0.05) is 19.1 Å². The van der Waals surface area contributed by atoms with Gasteiger partial charge < -0.3 is 10.5 Å². The number of sulfonamides is 1. The third kappa shape index (κ3) is 3.53. The highest BCUT2D eigenvalue weighted by Gasteiger charge is 2.27. The molecular weight excluding hydrogens is 344 g/mol. The zero-order chi connectivity index (χ0) is 15.5. The van der Waals surface area contributed by atoms with Gasteiger partial charge in [0, 0.05) is 23.2 Å². The molecule has 0 bridgehead atoms. The van der Waals surface area contributed by atoms with Crippen LogP contribution in [0.1, 0.15) is 13.8 Å². The molecule has 0 aliphatic carbocycles. The van der Waals surface area contributed by atoms with E-state index in [1.165, 1.54) is 17.5 Å². The van der Waals surface area contributed by atoms with Crippen LogP contribution in [0.5, 0.6) is 5.75 Å². The molecule has 2 N–H and O–H groups in total. The van der Waals surface area contributed by atoms with Crippen molar-refractivity contribution in [3.05, 3.63) is 28.8 Å². The van der Waals surface area contributed by atoms with Gasteiger partial charge in [-0.05, 0) is 35.0 Å². The van der Waals surface area contributed by atoms with E-state index in [0.717, 1.165) is 5.57 Å². The highest BCUT2D eigenvalue weighted by Crippen LogP contribution is 2.34. The molecule has 0 atom stereocenters. The average molecular weight is 363 g/mol. The summed E-state index contributed by atoms with van der Waals surface area (Å²) in [7, 11) is -2.26. The summed E-state index contributed by atoms with van der Waals surface area (Å²) in [6, 6.07) is 2.95. The van der Waals surface area contributed by atoms with Crippen LogP contribution in [0.15, 0.2) is 33.7 Å². The lowest BCUT2D eigenvalue weighted by atomic mass is 10.3. The van der Waals surface area contributed by atoms with Crippen LogP contribution in [0.25, 0.3) is 0 Å². The molecule has 1 aromatic carbocycles. The first-order chi connectivity index (χ1) is 9.23. The van der Waals surface area contributed by atoms with E-state index in [-0.39, 0.29) is 17.2 Å². The Hall–Kier alpha value is -1.05. The van der Waals surface area contributed by atoms with Gasteiger partial charge in [-0.3, -0.25) is 0 Å². The van der Waals surface area contributed by atoms with Crippen LogP contribution in [-0.2, 0) is 10.0 Å². The minimum absolute atomic E-state index is 0.0591. The van der Waals surface area contributed by atoms with Gasteiger partial charge in [0.05, 0.1) is 7.11 Å². The van der Waals surface area contributed by atoms with Crippen molar-refractivity contribution < 1.29 is 13.2 Å². The number of nitrogens with zero attached hydrogens (tertiary/aromatic N) is 1. The predicted octanol–water partition coefficient (Wildman–Crippen LogP) is 2.63. The number of ether oxygens (including phenoxy) is 1. The normalized spacial score (nSPS) is 11.7. The number of likely N-dealkylation sites (N-methyl/N-ethyl adjacent to an activating group) is 1. The van der Waals surface area contributed by atoms with E-state index in [1.54, 1.807) is 19.9 Å². The van der Waals surface area contributed by atoms with Crippen LogP contribution in [0.2, 0.25) is 0 Å². The van der Waals surface area contributed by atoms with Crippen molar-refractivity contribution in [1.82, 2.24) is 4.31 Å². The molecule has 112 valence electrons. The smallest absolute Gasteiger partial charge is 0.247 e. The molecule has 0 aliphatic heterocycles. The van der Waals surface area contributed by atoms with Gasteiger partial charge in [-0.2, -0.15) is 4.31 Å². The summed E-state index contributed by atoms with van der Waals surface area (Å²) in [6.07, 6.45) is 0. The van der Waals surface area contributed by atoms with Crippen LogP contribution >= 0.6 is 15.9 Å². The first-order valence-electron chi connectivity index (χ1n) is 6.01. The maximum absolute atomic E-state index is 12.7. The SMILES string of the molecule is C=C(C)CN(CC)S(=O)(=O)c1cc(N)c(Br)cc1OC. The highest BCUT2D eigenvalue weighted by atomic mass is 79.9. The molecule has 0 aromatic heterocycles. The monoisotopic (exact) mass is 362 g/mol. The van der Waals surface area contributed by atoms with Crippen molar-refractivity contribution in [1.29, 1.82) is 0 Å². The summed E-state index contributed by atoms with van der Waals surface area (Å²) in [5, 5.41) is 0. The fraction of sp³-hybridized carbons (Fsp3) is 0.385. The van der Waals surface area contributed by atoms with Crippen molar-refractivity contribution in [2.24, 2.45) is 0 Å². The second kappa shape index (κ2) is 6.60. The Labute approximate surface area is 128 Å². The molecule has 0 fully saturated rings. The summed E-state index contributed by atoms with van der Waals surface area (Å²) in [6.45, 7) is 7.91. The van der Waals surface area contributed by atoms with Crippen molar-refractivity contribution in [3.8, 4) is 5.75 Å². The Morgan fingerprint density at radius 2 is 2.10 bits per heavy atom. The minimum Gasteiger partial charge on any atom is -0.495 e. The average Bonchev–Trinajstić information content (AvgIpc) is 2.37. The van der Waals surface area contributed by atoms with Gasteiger partial charge >= 0.3 is 0 Å². The third-order valence-corrected chi connectivity index (χ3v) is 5.33. The number of nitrogens with two attached hydrogens (primary N) is 1. The van der Waals surface area contributed by atoms with Crippen LogP contribution in [0.4, 0.5) is 5.69 Å². The van der Waals surface area contributed by atoms with Gasteiger partial charge in [0.1, 0.15) is 10.6 Å². The van der Waals surface area contributed by atoms with E-state index < -0.39 is 10.0 Å². The largest absolute Gasteiger partial charge is 0.495 e. The topological polar surface area (TPSA) is 72.6 Å². The van der Waals surface area contributed by atoms with Gasteiger partial charge in [-0.25, -0.2) is 8.42 Å². The standard InChI is InChI=1S/C13H19BrN2O3S/c1-5-16(8-9(2)3)20(17,18)13-7-11(15)10(14)6-12(13)19-4/h6-7H,2,5,8,15H2,1,3-4H3. The number of hydrogen-bond acceptors (Lipinski definition) is 4. The quantitative estimate of drug-likeness (QED) is 0.623. The number of rotatable bonds is 6. The molecule has 0 radical (unpaired) electrons. The maximum atomic E-state index is 12.7. The Balaban J connectivity index is 3.40. The summed E-state index contributed by atoms with van der Waals surface area (Å²) < 4.78 is 32.4. The second-order valence-electron chi connectivity index (χ2n) is 4.41. The molecule has 0 heterocycles. The molecule has 0 unspecified atom stereocenters. The number of anilines is 1. The van der Waals surface area contributed by atoms with Crippen LogP contribution in [0, 0.1) is 0 Å². The number of halogens is 1. The summed E-state index contributed by atoms with van der Waals surface area (Å²) in [4.78, 5) is 0.0591. The van der Waals surface area contributed by atoms with Crippen LogP contribution < -0.4 is 10.5 Å². The number of hydrogen-bond donors (Lipinski definition) is 1. The van der Waals surface area contributed by atoms with E-state index >= 15 is 0 Å². The molecule has 20 heavy (non-hydrogen) atoms. The van der Waals surface area contributed by atoms with Gasteiger partial charge in [0.15, 0.2) is 0 Å². The Morgan fingerprint density at radius 1 is 1.50 bits per heavy atom. The van der Waals surface area contributed by atoms with Crippen LogP contribution in [0.3, 0.4) is 0 Å². The van der Waals surface area contributed by atoms with Crippen molar-refractivity contribution in [3.63, 3.8) is 0 Å². The molecule has 0 amide bonds. The Kier molecular flexibility index (Phi) is 5.61. The molecule has 0 saturated heterocycles. The molecule has 1 aromatic rings. The summed E-state index contributed by atoms with van der Waals surface area (Å²) in [5.41, 5.74) is 6.89. The molecule has 1 rings (SSSR count). The maximum Gasteiger partial charge on any atom is 0.247 e.